The fourth-order valence-corrected chi connectivity index (χ4v) is 2.13. The molecule has 0 aromatic heterocycles. The molecule has 0 bridgehead atoms. The number of para-hydroxylation sites is 2. The number of thiol groups is 1. The molecule has 1 aliphatic heterocycles. The summed E-state index contributed by atoms with van der Waals surface area (Å²) in [5, 5.41) is 2.80. The number of carbonyl (C=O) groups is 1. The van der Waals surface area contributed by atoms with Crippen molar-refractivity contribution in [2.75, 3.05) is 16.2 Å². The van der Waals surface area contributed by atoms with E-state index in [-0.39, 0.29) is 5.91 Å². The highest BCUT2D eigenvalue weighted by molar-refractivity contribution is 8.69. The molecule has 0 radical (unpaired) electrons. The molecule has 5 heteroatoms. The van der Waals surface area contributed by atoms with Crippen molar-refractivity contribution >= 4 is 39.9 Å². The van der Waals surface area contributed by atoms with E-state index in [9.17, 15) is 4.79 Å². The Morgan fingerprint density at radius 2 is 2.23 bits per heavy atom. The predicted molar refractivity (Wildman–Crippen MR) is 59.0 cm³/mol. The van der Waals surface area contributed by atoms with Crippen molar-refractivity contribution in [3.63, 3.8) is 0 Å². The first-order valence-corrected chi connectivity index (χ1v) is 5.62. The molecule has 0 spiro atoms. The quantitative estimate of drug-likeness (QED) is 0.424. The van der Waals surface area contributed by atoms with Crippen LogP contribution in [0.5, 0.6) is 0 Å². The molecular formula is C8H8N2OS2. The molecule has 0 unspecified atom stereocenters. The molecule has 13 heavy (non-hydrogen) atoms. The molecule has 68 valence electrons. The molecule has 0 atom stereocenters. The van der Waals surface area contributed by atoms with E-state index in [1.165, 1.54) is 11.0 Å². The summed E-state index contributed by atoms with van der Waals surface area (Å²) in [4.78, 5) is 11.2. The molecule has 1 aromatic carbocycles. The van der Waals surface area contributed by atoms with Gasteiger partial charge < -0.3 is 5.32 Å². The highest BCUT2D eigenvalue weighted by Gasteiger charge is 2.20. The molecule has 3 nitrogen and oxygen atoms in total. The molecular weight excluding hydrogens is 204 g/mol. The van der Waals surface area contributed by atoms with E-state index in [1.54, 1.807) is 0 Å². The molecule has 0 saturated heterocycles. The normalized spacial score (nSPS) is 15.2. The highest BCUT2D eigenvalue weighted by Crippen LogP contribution is 2.34. The van der Waals surface area contributed by atoms with Crippen LogP contribution in [0.2, 0.25) is 0 Å². The van der Waals surface area contributed by atoms with Crippen LogP contribution < -0.4 is 9.62 Å². The third-order valence-electron chi connectivity index (χ3n) is 1.83. The number of hydrogen-bond donors (Lipinski definition) is 2. The molecule has 1 heterocycles. The second-order valence-electron chi connectivity index (χ2n) is 2.68. The van der Waals surface area contributed by atoms with Gasteiger partial charge in [0, 0.05) is 11.0 Å². The Morgan fingerprint density at radius 3 is 3.00 bits per heavy atom. The van der Waals surface area contributed by atoms with Crippen LogP contribution in [-0.2, 0) is 4.79 Å². The summed E-state index contributed by atoms with van der Waals surface area (Å²) in [5.41, 5.74) is 1.85. The maximum Gasteiger partial charge on any atom is 0.245 e. The molecule has 0 saturated carbocycles. The van der Waals surface area contributed by atoms with Crippen LogP contribution in [-0.4, -0.2) is 12.5 Å². The summed E-state index contributed by atoms with van der Waals surface area (Å²) in [7, 11) is 1.26. The Kier molecular flexibility index (Phi) is 2.37. The molecule has 2 rings (SSSR count). The SMILES string of the molecule is O=C1CN(SS)c2ccccc2N1. The van der Waals surface area contributed by atoms with Crippen LogP contribution in [0.1, 0.15) is 0 Å². The van der Waals surface area contributed by atoms with E-state index in [1.807, 2.05) is 28.6 Å². The van der Waals surface area contributed by atoms with E-state index in [0.29, 0.717) is 6.54 Å². The van der Waals surface area contributed by atoms with Crippen LogP contribution in [0.3, 0.4) is 0 Å². The Labute approximate surface area is 85.4 Å². The van der Waals surface area contributed by atoms with Crippen molar-refractivity contribution in [1.29, 1.82) is 0 Å². The Bertz CT molecular complexity index is 343. The number of benzene rings is 1. The van der Waals surface area contributed by atoms with E-state index in [4.69, 9.17) is 0 Å². The molecule has 1 N–H and O–H groups in total. The van der Waals surface area contributed by atoms with Crippen molar-refractivity contribution < 1.29 is 4.79 Å². The topological polar surface area (TPSA) is 32.3 Å². The van der Waals surface area contributed by atoms with E-state index >= 15 is 0 Å². The second kappa shape index (κ2) is 3.51. The summed E-state index contributed by atoms with van der Waals surface area (Å²) in [6.45, 7) is 0.352. The lowest BCUT2D eigenvalue weighted by atomic mass is 10.2. The van der Waals surface area contributed by atoms with Gasteiger partial charge in [-0.15, -0.1) is 0 Å². The minimum Gasteiger partial charge on any atom is -0.323 e. The number of nitrogens with zero attached hydrogens (tertiary/aromatic N) is 1. The fraction of sp³-hybridized carbons (Fsp3) is 0.125. The van der Waals surface area contributed by atoms with Crippen molar-refractivity contribution in [3.8, 4) is 0 Å². The number of nitrogens with one attached hydrogen (secondary N) is 1. The third kappa shape index (κ3) is 1.62. The van der Waals surface area contributed by atoms with Gasteiger partial charge in [-0.3, -0.25) is 9.10 Å². The Morgan fingerprint density at radius 1 is 1.46 bits per heavy atom. The van der Waals surface area contributed by atoms with Gasteiger partial charge in [-0.05, 0) is 12.1 Å². The van der Waals surface area contributed by atoms with Gasteiger partial charge >= 0.3 is 0 Å². The van der Waals surface area contributed by atoms with Crippen LogP contribution in [0, 0.1) is 0 Å². The first kappa shape index (κ1) is 8.77. The zero-order valence-corrected chi connectivity index (χ0v) is 8.44. The Balaban J connectivity index is 2.42. The van der Waals surface area contributed by atoms with Crippen LogP contribution >= 0.6 is 22.6 Å². The number of amides is 1. The van der Waals surface area contributed by atoms with E-state index in [2.05, 4.69) is 17.0 Å². The zero-order chi connectivity index (χ0) is 9.26. The van der Waals surface area contributed by atoms with Gasteiger partial charge in [-0.2, -0.15) is 0 Å². The monoisotopic (exact) mass is 212 g/mol. The summed E-state index contributed by atoms with van der Waals surface area (Å²) in [5.74, 6) is 0.000231. The van der Waals surface area contributed by atoms with Gasteiger partial charge in [0.15, 0.2) is 0 Å². The first-order chi connectivity index (χ1) is 6.31. The minimum atomic E-state index is 0.000231. The number of carbonyl (C=O) groups excluding carboxylic acids is 1. The molecule has 0 aliphatic carbocycles. The average Bonchev–Trinajstić information content (AvgIpc) is 2.16. The number of anilines is 2. The lowest BCUT2D eigenvalue weighted by Gasteiger charge is -2.27. The van der Waals surface area contributed by atoms with Gasteiger partial charge in [0.25, 0.3) is 0 Å². The minimum absolute atomic E-state index is 0.000231. The molecule has 1 amide bonds. The van der Waals surface area contributed by atoms with Crippen molar-refractivity contribution in [2.45, 2.75) is 0 Å². The van der Waals surface area contributed by atoms with Gasteiger partial charge in [0.1, 0.15) is 6.54 Å². The van der Waals surface area contributed by atoms with Gasteiger partial charge in [-0.25, -0.2) is 0 Å². The molecule has 1 aromatic rings. The molecule has 0 fully saturated rings. The van der Waals surface area contributed by atoms with Gasteiger partial charge in [-0.1, -0.05) is 23.8 Å². The summed E-state index contributed by atoms with van der Waals surface area (Å²) < 4.78 is 1.84. The van der Waals surface area contributed by atoms with Crippen LogP contribution in [0.25, 0.3) is 0 Å². The predicted octanol–water partition coefficient (Wildman–Crippen LogP) is 1.94. The van der Waals surface area contributed by atoms with Crippen molar-refractivity contribution in [3.05, 3.63) is 24.3 Å². The van der Waals surface area contributed by atoms with Crippen molar-refractivity contribution in [2.24, 2.45) is 0 Å². The fourth-order valence-electron chi connectivity index (χ4n) is 1.28. The lowest BCUT2D eigenvalue weighted by Crippen LogP contribution is -2.32. The van der Waals surface area contributed by atoms with Crippen molar-refractivity contribution in [1.82, 2.24) is 0 Å². The van der Waals surface area contributed by atoms with Crippen LogP contribution in [0.15, 0.2) is 24.3 Å². The summed E-state index contributed by atoms with van der Waals surface area (Å²) in [6, 6.07) is 7.67. The second-order valence-corrected chi connectivity index (χ2v) is 3.78. The first-order valence-electron chi connectivity index (χ1n) is 3.79. The number of fused-ring (bicyclic) bond motifs is 1. The lowest BCUT2D eigenvalue weighted by molar-refractivity contribution is -0.114. The van der Waals surface area contributed by atoms with Gasteiger partial charge in [0.2, 0.25) is 5.91 Å². The Hall–Kier alpha value is -0.810. The van der Waals surface area contributed by atoms with Gasteiger partial charge in [0.05, 0.1) is 11.4 Å². The summed E-state index contributed by atoms with van der Waals surface area (Å²) in [6.07, 6.45) is 0. The zero-order valence-electron chi connectivity index (χ0n) is 6.73. The molecule has 1 aliphatic rings. The number of rotatable bonds is 1. The van der Waals surface area contributed by atoms with E-state index < -0.39 is 0 Å². The third-order valence-corrected chi connectivity index (χ3v) is 2.95. The number of hydrogen-bond acceptors (Lipinski definition) is 4. The van der Waals surface area contributed by atoms with E-state index in [0.717, 1.165) is 11.4 Å². The smallest absolute Gasteiger partial charge is 0.245 e. The largest absolute Gasteiger partial charge is 0.323 e. The highest BCUT2D eigenvalue weighted by atomic mass is 33.1. The van der Waals surface area contributed by atoms with Crippen LogP contribution in [0.4, 0.5) is 11.4 Å². The maximum atomic E-state index is 11.2. The summed E-state index contributed by atoms with van der Waals surface area (Å²) >= 11 is 4.09. The average molecular weight is 212 g/mol. The maximum absolute atomic E-state index is 11.2. The standard InChI is InChI=1S/C8H8N2OS2/c11-8-5-10(13-12)7-4-2-1-3-6(7)9-8/h1-4,12H,5H2,(H,9,11).